The molecule has 1 aliphatic heterocycles. The van der Waals surface area contributed by atoms with Crippen LogP contribution in [0.15, 0.2) is 24.3 Å². The van der Waals surface area contributed by atoms with Crippen molar-refractivity contribution in [3.8, 4) is 0 Å². The van der Waals surface area contributed by atoms with E-state index < -0.39 is 0 Å². The van der Waals surface area contributed by atoms with E-state index in [-0.39, 0.29) is 23.8 Å². The average Bonchev–Trinajstić information content (AvgIpc) is 2.62. The Morgan fingerprint density at radius 3 is 2.64 bits per heavy atom. The number of hydrogen-bond donors (Lipinski definition) is 3. The Labute approximate surface area is 148 Å². The predicted octanol–water partition coefficient (Wildman–Crippen LogP) is 1.82. The van der Waals surface area contributed by atoms with Gasteiger partial charge < -0.3 is 20.9 Å². The van der Waals surface area contributed by atoms with Crippen molar-refractivity contribution < 1.29 is 14.4 Å². The van der Waals surface area contributed by atoms with Gasteiger partial charge in [-0.15, -0.1) is 0 Å². The van der Waals surface area contributed by atoms with E-state index in [2.05, 4.69) is 16.0 Å². The highest BCUT2D eigenvalue weighted by atomic mass is 16.2. The maximum atomic E-state index is 12.5. The summed E-state index contributed by atoms with van der Waals surface area (Å²) in [5.74, 6) is -0.341. The lowest BCUT2D eigenvalue weighted by Crippen LogP contribution is -2.46. The number of nitrogens with zero attached hydrogens (tertiary/aromatic N) is 1. The third-order valence-corrected chi connectivity index (χ3v) is 4.14. The quantitative estimate of drug-likeness (QED) is 0.759. The molecule has 2 rings (SSSR count). The molecule has 0 radical (unpaired) electrons. The van der Waals surface area contributed by atoms with Gasteiger partial charge in [-0.05, 0) is 44.9 Å². The minimum absolute atomic E-state index is 0.00164. The predicted molar refractivity (Wildman–Crippen MR) is 96.4 cm³/mol. The molecular weight excluding hydrogens is 320 g/mol. The van der Waals surface area contributed by atoms with E-state index in [4.69, 9.17) is 0 Å². The van der Waals surface area contributed by atoms with Gasteiger partial charge in [0.15, 0.2) is 0 Å². The van der Waals surface area contributed by atoms with Crippen molar-refractivity contribution in [2.75, 3.05) is 31.5 Å². The molecule has 1 atom stereocenters. The van der Waals surface area contributed by atoms with Gasteiger partial charge in [0.25, 0.3) is 5.91 Å². The van der Waals surface area contributed by atoms with Gasteiger partial charge in [0.2, 0.25) is 5.91 Å². The molecule has 0 aliphatic carbocycles. The molecule has 0 aromatic heterocycles. The van der Waals surface area contributed by atoms with Crippen molar-refractivity contribution in [1.29, 1.82) is 0 Å². The molecule has 1 aliphatic rings. The van der Waals surface area contributed by atoms with E-state index in [0.717, 1.165) is 12.8 Å². The van der Waals surface area contributed by atoms with Crippen LogP contribution in [0.1, 0.15) is 37.0 Å². The van der Waals surface area contributed by atoms with Gasteiger partial charge in [0.05, 0.1) is 5.92 Å². The van der Waals surface area contributed by atoms with Crippen LogP contribution in [0.4, 0.5) is 10.5 Å². The summed E-state index contributed by atoms with van der Waals surface area (Å²) < 4.78 is 0. The molecule has 3 N–H and O–H groups in total. The van der Waals surface area contributed by atoms with Gasteiger partial charge in [-0.2, -0.15) is 0 Å². The topological polar surface area (TPSA) is 90.5 Å². The number of benzene rings is 1. The largest absolute Gasteiger partial charge is 0.356 e. The van der Waals surface area contributed by atoms with Crippen LogP contribution in [0.5, 0.6) is 0 Å². The SMILES string of the molecule is CCNC(=O)c1cccc(NC(=O)N2CCC[C@@H](C(=O)NCC)C2)c1. The van der Waals surface area contributed by atoms with Crippen LogP contribution in [0.3, 0.4) is 0 Å². The standard InChI is InChI=1S/C18H26N4O3/c1-3-19-16(23)13-7-5-9-15(11-13)21-18(25)22-10-6-8-14(12-22)17(24)20-4-2/h5,7,9,11,14H,3-4,6,8,10,12H2,1-2H3,(H,19,23)(H,20,24)(H,21,25)/t14-/m1/s1. The fourth-order valence-electron chi connectivity index (χ4n) is 2.90. The maximum absolute atomic E-state index is 12.5. The van der Waals surface area contributed by atoms with Gasteiger partial charge in [-0.1, -0.05) is 6.07 Å². The summed E-state index contributed by atoms with van der Waals surface area (Å²) in [4.78, 5) is 38.0. The zero-order chi connectivity index (χ0) is 18.2. The molecule has 0 bridgehead atoms. The first-order chi connectivity index (χ1) is 12.0. The molecule has 1 fully saturated rings. The van der Waals surface area contributed by atoms with Crippen LogP contribution >= 0.6 is 0 Å². The van der Waals surface area contributed by atoms with E-state index in [1.807, 2.05) is 13.8 Å². The molecule has 0 spiro atoms. The highest BCUT2D eigenvalue weighted by Crippen LogP contribution is 2.18. The van der Waals surface area contributed by atoms with Gasteiger partial charge in [-0.25, -0.2) is 4.79 Å². The summed E-state index contributed by atoms with van der Waals surface area (Å²) in [5, 5.41) is 8.36. The molecule has 0 saturated carbocycles. The first-order valence-electron chi connectivity index (χ1n) is 8.77. The summed E-state index contributed by atoms with van der Waals surface area (Å²) in [6.45, 7) is 5.90. The molecule has 7 heteroatoms. The minimum Gasteiger partial charge on any atom is -0.356 e. The van der Waals surface area contributed by atoms with Gasteiger partial charge >= 0.3 is 6.03 Å². The molecule has 1 aromatic rings. The molecule has 4 amide bonds. The van der Waals surface area contributed by atoms with E-state index in [1.165, 1.54) is 0 Å². The molecule has 1 heterocycles. The Morgan fingerprint density at radius 2 is 1.92 bits per heavy atom. The van der Waals surface area contributed by atoms with Gasteiger partial charge in [-0.3, -0.25) is 9.59 Å². The monoisotopic (exact) mass is 346 g/mol. The average molecular weight is 346 g/mol. The van der Waals surface area contributed by atoms with E-state index >= 15 is 0 Å². The Morgan fingerprint density at radius 1 is 1.16 bits per heavy atom. The van der Waals surface area contributed by atoms with Crippen molar-refractivity contribution in [2.45, 2.75) is 26.7 Å². The second kappa shape index (κ2) is 9.05. The molecule has 25 heavy (non-hydrogen) atoms. The summed E-state index contributed by atoms with van der Waals surface area (Å²) in [6, 6.07) is 6.57. The molecule has 7 nitrogen and oxygen atoms in total. The minimum atomic E-state index is -0.248. The summed E-state index contributed by atoms with van der Waals surface area (Å²) in [5.41, 5.74) is 1.06. The van der Waals surface area contributed by atoms with Crippen molar-refractivity contribution >= 4 is 23.5 Å². The number of hydrogen-bond acceptors (Lipinski definition) is 3. The fourth-order valence-corrected chi connectivity index (χ4v) is 2.90. The van der Waals surface area contributed by atoms with Gasteiger partial charge in [0.1, 0.15) is 0 Å². The highest BCUT2D eigenvalue weighted by Gasteiger charge is 2.28. The van der Waals surface area contributed by atoms with E-state index in [9.17, 15) is 14.4 Å². The van der Waals surface area contributed by atoms with Crippen molar-refractivity contribution in [1.82, 2.24) is 15.5 Å². The summed E-state index contributed by atoms with van der Waals surface area (Å²) in [6.07, 6.45) is 1.59. The fraction of sp³-hybridized carbons (Fsp3) is 0.500. The van der Waals surface area contributed by atoms with E-state index in [0.29, 0.717) is 37.4 Å². The number of urea groups is 1. The zero-order valence-corrected chi connectivity index (χ0v) is 14.8. The first kappa shape index (κ1) is 18.8. The van der Waals surface area contributed by atoms with Crippen LogP contribution < -0.4 is 16.0 Å². The Hall–Kier alpha value is -2.57. The first-order valence-corrected chi connectivity index (χ1v) is 8.77. The second-order valence-corrected chi connectivity index (χ2v) is 6.05. The van der Waals surface area contributed by atoms with Crippen LogP contribution in [0.25, 0.3) is 0 Å². The third-order valence-electron chi connectivity index (χ3n) is 4.14. The van der Waals surface area contributed by atoms with Crippen LogP contribution in [-0.4, -0.2) is 48.9 Å². The van der Waals surface area contributed by atoms with Gasteiger partial charge in [0, 0.05) is 37.4 Å². The molecule has 136 valence electrons. The lowest BCUT2D eigenvalue weighted by Gasteiger charge is -2.32. The Kier molecular flexibility index (Phi) is 6.80. The molecule has 0 unspecified atom stereocenters. The number of nitrogens with one attached hydrogen (secondary N) is 3. The normalized spacial score (nSPS) is 16.9. The van der Waals surface area contributed by atoms with Crippen LogP contribution in [0, 0.1) is 5.92 Å². The number of piperidine rings is 1. The summed E-state index contributed by atoms with van der Waals surface area (Å²) >= 11 is 0. The summed E-state index contributed by atoms with van der Waals surface area (Å²) in [7, 11) is 0. The number of carbonyl (C=O) groups is 3. The number of likely N-dealkylation sites (tertiary alicyclic amines) is 1. The Bertz CT molecular complexity index is 633. The molecule has 1 saturated heterocycles. The molecular formula is C18H26N4O3. The van der Waals surface area contributed by atoms with Crippen molar-refractivity contribution in [2.24, 2.45) is 5.92 Å². The number of anilines is 1. The van der Waals surface area contributed by atoms with Crippen molar-refractivity contribution in [3.05, 3.63) is 29.8 Å². The lowest BCUT2D eigenvalue weighted by molar-refractivity contribution is -0.126. The lowest BCUT2D eigenvalue weighted by atomic mass is 9.97. The van der Waals surface area contributed by atoms with Crippen LogP contribution in [0.2, 0.25) is 0 Å². The van der Waals surface area contributed by atoms with Crippen LogP contribution in [-0.2, 0) is 4.79 Å². The van der Waals surface area contributed by atoms with Crippen molar-refractivity contribution in [3.63, 3.8) is 0 Å². The molecule has 1 aromatic carbocycles. The third kappa shape index (κ3) is 5.20. The zero-order valence-electron chi connectivity index (χ0n) is 14.8. The maximum Gasteiger partial charge on any atom is 0.321 e. The number of amides is 4. The smallest absolute Gasteiger partial charge is 0.321 e. The second-order valence-electron chi connectivity index (χ2n) is 6.05. The van der Waals surface area contributed by atoms with E-state index in [1.54, 1.807) is 29.2 Å². The number of rotatable bonds is 5. The highest BCUT2D eigenvalue weighted by molar-refractivity contribution is 5.97. The Balaban J connectivity index is 1.98. The number of carbonyl (C=O) groups excluding carboxylic acids is 3.